The van der Waals surface area contributed by atoms with Crippen LogP contribution in [-0.2, 0) is 12.3 Å². The van der Waals surface area contributed by atoms with Gasteiger partial charge in [0, 0.05) is 28.5 Å². The molecular weight excluding hydrogens is 348 g/mol. The lowest BCUT2D eigenvalue weighted by Crippen LogP contribution is -2.11. The molecule has 0 aliphatic carbocycles. The summed E-state index contributed by atoms with van der Waals surface area (Å²) in [5.41, 5.74) is 2.47. The van der Waals surface area contributed by atoms with Crippen LogP contribution in [0.15, 0.2) is 46.0 Å². The van der Waals surface area contributed by atoms with Crippen molar-refractivity contribution in [2.75, 3.05) is 13.7 Å². The number of hydrogen-bond donors (Lipinski definition) is 1. The van der Waals surface area contributed by atoms with E-state index in [-0.39, 0.29) is 0 Å². The molecule has 1 aromatic heterocycles. The van der Waals surface area contributed by atoms with Crippen molar-refractivity contribution < 1.29 is 4.74 Å². The molecule has 0 saturated heterocycles. The van der Waals surface area contributed by atoms with E-state index in [1.165, 1.54) is 11.1 Å². The Labute approximate surface area is 138 Å². The molecule has 0 radical (unpaired) electrons. The van der Waals surface area contributed by atoms with Gasteiger partial charge >= 0.3 is 0 Å². The van der Waals surface area contributed by atoms with Crippen LogP contribution >= 0.6 is 27.7 Å². The highest BCUT2D eigenvalue weighted by Crippen LogP contribution is 2.28. The van der Waals surface area contributed by atoms with Crippen LogP contribution in [0.5, 0.6) is 5.75 Å². The number of pyridine rings is 1. The Bertz CT molecular complexity index is 575. The molecule has 2 rings (SSSR count). The molecule has 1 heterocycles. The normalized spacial score (nSPS) is 10.6. The zero-order valence-electron chi connectivity index (χ0n) is 12.2. The molecule has 0 aliphatic rings. The van der Waals surface area contributed by atoms with Gasteiger partial charge in [0.2, 0.25) is 0 Å². The molecule has 2 aromatic rings. The van der Waals surface area contributed by atoms with Crippen LogP contribution in [0.4, 0.5) is 0 Å². The van der Waals surface area contributed by atoms with E-state index in [1.54, 1.807) is 18.9 Å². The van der Waals surface area contributed by atoms with Crippen molar-refractivity contribution in [3.63, 3.8) is 0 Å². The van der Waals surface area contributed by atoms with Gasteiger partial charge in [-0.1, -0.05) is 13.0 Å². The second kappa shape index (κ2) is 8.41. The average molecular weight is 367 g/mol. The number of ether oxygens (including phenoxy) is 1. The summed E-state index contributed by atoms with van der Waals surface area (Å²) < 4.78 is 6.45. The summed E-state index contributed by atoms with van der Waals surface area (Å²) in [5, 5.41) is 4.36. The lowest BCUT2D eigenvalue weighted by Gasteiger charge is -2.11. The smallest absolute Gasteiger partial charge is 0.122 e. The van der Waals surface area contributed by atoms with Crippen molar-refractivity contribution in [2.45, 2.75) is 24.2 Å². The zero-order chi connectivity index (χ0) is 15.1. The minimum Gasteiger partial charge on any atom is -0.496 e. The van der Waals surface area contributed by atoms with Crippen molar-refractivity contribution in [3.05, 3.63) is 52.1 Å². The third-order valence-corrected chi connectivity index (χ3v) is 4.46. The molecular formula is C16H19BrN2OS. The average Bonchev–Trinajstić information content (AvgIpc) is 2.52. The van der Waals surface area contributed by atoms with E-state index in [4.69, 9.17) is 4.74 Å². The fourth-order valence-corrected chi connectivity index (χ4v) is 2.98. The number of benzene rings is 1. The van der Waals surface area contributed by atoms with E-state index in [9.17, 15) is 0 Å². The molecule has 1 aromatic carbocycles. The third-order valence-electron chi connectivity index (χ3n) is 3.00. The highest BCUT2D eigenvalue weighted by molar-refractivity contribution is 9.10. The van der Waals surface area contributed by atoms with Gasteiger partial charge in [-0.3, -0.25) is 0 Å². The summed E-state index contributed by atoms with van der Waals surface area (Å²) >= 11 is 5.11. The predicted octanol–water partition coefficient (Wildman–Crippen LogP) is 4.25. The topological polar surface area (TPSA) is 34.1 Å². The van der Waals surface area contributed by atoms with Crippen molar-refractivity contribution in [1.82, 2.24) is 10.3 Å². The van der Waals surface area contributed by atoms with Crippen molar-refractivity contribution in [3.8, 4) is 5.75 Å². The van der Waals surface area contributed by atoms with Crippen LogP contribution in [0.3, 0.4) is 0 Å². The van der Waals surface area contributed by atoms with E-state index in [1.807, 2.05) is 24.4 Å². The van der Waals surface area contributed by atoms with Gasteiger partial charge in [-0.15, -0.1) is 11.8 Å². The highest BCUT2D eigenvalue weighted by Gasteiger charge is 2.06. The molecule has 3 nitrogen and oxygen atoms in total. The van der Waals surface area contributed by atoms with Gasteiger partial charge in [-0.2, -0.15) is 0 Å². The van der Waals surface area contributed by atoms with E-state index in [2.05, 4.69) is 45.3 Å². The Morgan fingerprint density at radius 3 is 2.81 bits per heavy atom. The second-order valence-corrected chi connectivity index (χ2v) is 6.44. The van der Waals surface area contributed by atoms with Crippen LogP contribution in [0, 0.1) is 0 Å². The van der Waals surface area contributed by atoms with E-state index in [0.717, 1.165) is 34.1 Å². The monoisotopic (exact) mass is 366 g/mol. The van der Waals surface area contributed by atoms with E-state index >= 15 is 0 Å². The summed E-state index contributed by atoms with van der Waals surface area (Å²) in [7, 11) is 1.71. The van der Waals surface area contributed by atoms with Gasteiger partial charge in [0.25, 0.3) is 0 Å². The number of halogens is 1. The lowest BCUT2D eigenvalue weighted by atomic mass is 10.1. The van der Waals surface area contributed by atoms with Gasteiger partial charge in [0.1, 0.15) is 5.75 Å². The molecule has 0 fully saturated rings. The van der Waals surface area contributed by atoms with Crippen molar-refractivity contribution in [2.24, 2.45) is 0 Å². The maximum Gasteiger partial charge on any atom is 0.122 e. The molecule has 0 spiro atoms. The van der Waals surface area contributed by atoms with Crippen LogP contribution in [0.25, 0.3) is 0 Å². The summed E-state index contributed by atoms with van der Waals surface area (Å²) in [6.07, 6.45) is 1.82. The number of methoxy groups -OCH3 is 1. The quantitative estimate of drug-likeness (QED) is 0.742. The van der Waals surface area contributed by atoms with Crippen molar-refractivity contribution >= 4 is 27.7 Å². The van der Waals surface area contributed by atoms with Gasteiger partial charge in [-0.25, -0.2) is 4.98 Å². The number of aromatic nitrogens is 1. The Hall–Kier alpha value is -1.04. The molecule has 1 N–H and O–H groups in total. The highest BCUT2D eigenvalue weighted by atomic mass is 79.9. The molecule has 112 valence electrons. The van der Waals surface area contributed by atoms with Gasteiger partial charge in [0.15, 0.2) is 0 Å². The fraction of sp³-hybridized carbons (Fsp3) is 0.312. The van der Waals surface area contributed by atoms with Crippen LogP contribution in [0.2, 0.25) is 0 Å². The summed E-state index contributed by atoms with van der Waals surface area (Å²) in [6, 6.07) is 10.4. The van der Waals surface area contributed by atoms with Crippen molar-refractivity contribution in [1.29, 1.82) is 0 Å². The maximum atomic E-state index is 5.45. The van der Waals surface area contributed by atoms with Crippen LogP contribution < -0.4 is 10.1 Å². The molecule has 0 unspecified atom stereocenters. The SMILES string of the molecule is CCNCc1ccc(OC)c(CSc2ccc(Br)cn2)c1. The minimum absolute atomic E-state index is 0.845. The van der Waals surface area contributed by atoms with Crippen LogP contribution in [0.1, 0.15) is 18.1 Å². The summed E-state index contributed by atoms with van der Waals surface area (Å²) in [6.45, 7) is 3.97. The number of hydrogen-bond acceptors (Lipinski definition) is 4. The number of rotatable bonds is 7. The molecule has 5 heteroatoms. The van der Waals surface area contributed by atoms with Gasteiger partial charge < -0.3 is 10.1 Å². The van der Waals surface area contributed by atoms with Gasteiger partial charge in [0.05, 0.1) is 12.1 Å². The first-order valence-corrected chi connectivity index (χ1v) is 8.61. The zero-order valence-corrected chi connectivity index (χ0v) is 14.6. The third kappa shape index (κ3) is 5.02. The molecule has 0 amide bonds. The van der Waals surface area contributed by atoms with E-state index < -0.39 is 0 Å². The largest absolute Gasteiger partial charge is 0.496 e. The molecule has 0 saturated carbocycles. The standard InChI is InChI=1S/C16H19BrN2OS/c1-3-18-9-12-4-6-15(20-2)13(8-12)11-21-16-7-5-14(17)10-19-16/h4-8,10,18H,3,9,11H2,1-2H3. The Morgan fingerprint density at radius 1 is 1.29 bits per heavy atom. The summed E-state index contributed by atoms with van der Waals surface area (Å²) in [5.74, 6) is 1.78. The predicted molar refractivity (Wildman–Crippen MR) is 91.9 cm³/mol. The Kier molecular flexibility index (Phi) is 6.54. The Morgan fingerprint density at radius 2 is 2.14 bits per heavy atom. The first-order valence-electron chi connectivity index (χ1n) is 6.83. The first kappa shape index (κ1) is 16.3. The number of nitrogens with one attached hydrogen (secondary N) is 1. The minimum atomic E-state index is 0.845. The number of nitrogens with zero attached hydrogens (tertiary/aromatic N) is 1. The van der Waals surface area contributed by atoms with Gasteiger partial charge in [-0.05, 0) is 52.3 Å². The Balaban J connectivity index is 2.07. The number of thioether (sulfide) groups is 1. The summed E-state index contributed by atoms with van der Waals surface area (Å²) in [4.78, 5) is 4.38. The first-order chi connectivity index (χ1) is 10.2. The molecule has 0 atom stereocenters. The molecule has 21 heavy (non-hydrogen) atoms. The van der Waals surface area contributed by atoms with E-state index in [0.29, 0.717) is 0 Å². The molecule has 0 aliphatic heterocycles. The fourth-order valence-electron chi connectivity index (χ4n) is 1.92. The second-order valence-electron chi connectivity index (χ2n) is 4.53. The lowest BCUT2D eigenvalue weighted by molar-refractivity contribution is 0.411. The maximum absolute atomic E-state index is 5.45. The van der Waals surface area contributed by atoms with Crippen LogP contribution in [-0.4, -0.2) is 18.6 Å². The molecule has 0 bridgehead atoms.